The van der Waals surface area contributed by atoms with Gasteiger partial charge in [0.25, 0.3) is 0 Å². The number of thiazole rings is 1. The van der Waals surface area contributed by atoms with Gasteiger partial charge in [0.05, 0.1) is 16.9 Å². The van der Waals surface area contributed by atoms with Gasteiger partial charge in [0, 0.05) is 46.4 Å². The highest BCUT2D eigenvalue weighted by Crippen LogP contribution is 2.25. The lowest BCUT2D eigenvalue weighted by Crippen LogP contribution is -2.27. The fraction of sp³-hybridized carbons (Fsp3) is 0.0952. The van der Waals surface area contributed by atoms with E-state index in [1.807, 2.05) is 48.5 Å². The predicted octanol–water partition coefficient (Wildman–Crippen LogP) is 5.10. The van der Waals surface area contributed by atoms with E-state index in [9.17, 15) is 4.79 Å². The number of benzene rings is 2. The van der Waals surface area contributed by atoms with E-state index in [4.69, 9.17) is 16.6 Å². The molecule has 2 amide bonds. The minimum Gasteiger partial charge on any atom is -0.334 e. The van der Waals surface area contributed by atoms with Crippen molar-refractivity contribution in [1.29, 1.82) is 0 Å². The summed E-state index contributed by atoms with van der Waals surface area (Å²) < 4.78 is 0. The third kappa shape index (κ3) is 5.22. The van der Waals surface area contributed by atoms with E-state index in [0.717, 1.165) is 39.5 Å². The molecule has 0 aliphatic heterocycles. The van der Waals surface area contributed by atoms with Gasteiger partial charge in [-0.2, -0.15) is 5.10 Å². The number of nitrogens with one attached hydrogen (secondary N) is 3. The van der Waals surface area contributed by atoms with Gasteiger partial charge < -0.3 is 10.6 Å². The molecular formula is C21H18ClN5OS. The van der Waals surface area contributed by atoms with Crippen molar-refractivity contribution in [3.05, 3.63) is 87.5 Å². The minimum atomic E-state index is -0.258. The van der Waals surface area contributed by atoms with Crippen LogP contribution in [0, 0.1) is 0 Å². The van der Waals surface area contributed by atoms with Gasteiger partial charge in [-0.05, 0) is 29.8 Å². The zero-order valence-corrected chi connectivity index (χ0v) is 16.9. The van der Waals surface area contributed by atoms with Crippen molar-refractivity contribution < 1.29 is 4.79 Å². The number of halogens is 1. The summed E-state index contributed by atoms with van der Waals surface area (Å²) in [6, 6.07) is 15.2. The van der Waals surface area contributed by atoms with Crippen molar-refractivity contribution in [3.63, 3.8) is 0 Å². The van der Waals surface area contributed by atoms with Gasteiger partial charge >= 0.3 is 6.03 Å². The van der Waals surface area contributed by atoms with Crippen LogP contribution >= 0.6 is 22.9 Å². The van der Waals surface area contributed by atoms with Gasteiger partial charge in [-0.3, -0.25) is 5.10 Å². The summed E-state index contributed by atoms with van der Waals surface area (Å²) in [5, 5.41) is 16.0. The fourth-order valence-corrected chi connectivity index (χ4v) is 3.72. The molecule has 3 N–H and O–H groups in total. The molecule has 0 bridgehead atoms. The number of hydrogen-bond donors (Lipinski definition) is 3. The molecule has 4 rings (SSSR count). The van der Waals surface area contributed by atoms with Crippen molar-refractivity contribution in [3.8, 4) is 11.3 Å². The second-order valence-electron chi connectivity index (χ2n) is 6.42. The molecule has 146 valence electrons. The number of aromatic amines is 1. The van der Waals surface area contributed by atoms with Crippen molar-refractivity contribution in [1.82, 2.24) is 20.5 Å². The van der Waals surface area contributed by atoms with Crippen LogP contribution in [0.2, 0.25) is 5.02 Å². The summed E-state index contributed by atoms with van der Waals surface area (Å²) in [6.07, 6.45) is 4.16. The number of anilines is 1. The topological polar surface area (TPSA) is 82.7 Å². The monoisotopic (exact) mass is 423 g/mol. The molecule has 8 heteroatoms. The number of urea groups is 1. The van der Waals surface area contributed by atoms with Crippen LogP contribution in [-0.4, -0.2) is 21.2 Å². The van der Waals surface area contributed by atoms with Crippen molar-refractivity contribution in [2.75, 3.05) is 5.32 Å². The Morgan fingerprint density at radius 3 is 2.59 bits per heavy atom. The van der Waals surface area contributed by atoms with Crippen molar-refractivity contribution in [2.24, 2.45) is 0 Å². The van der Waals surface area contributed by atoms with E-state index < -0.39 is 0 Å². The average molecular weight is 424 g/mol. The van der Waals surface area contributed by atoms with E-state index in [1.165, 1.54) is 0 Å². The van der Waals surface area contributed by atoms with E-state index >= 15 is 0 Å². The number of nitrogens with zero attached hydrogens (tertiary/aromatic N) is 2. The number of carbonyl (C=O) groups excluding carboxylic acids is 1. The SMILES string of the molecule is O=C(NCc1cn[nH]c1)Nc1ccc(Cc2nc(-c3ccc(Cl)cc3)cs2)cc1. The van der Waals surface area contributed by atoms with Crippen LogP contribution in [-0.2, 0) is 13.0 Å². The molecule has 0 radical (unpaired) electrons. The van der Waals surface area contributed by atoms with Crippen LogP contribution in [0.5, 0.6) is 0 Å². The highest BCUT2D eigenvalue weighted by atomic mass is 35.5. The number of hydrogen-bond acceptors (Lipinski definition) is 4. The molecule has 4 aromatic rings. The van der Waals surface area contributed by atoms with E-state index in [-0.39, 0.29) is 6.03 Å². The molecule has 0 spiro atoms. The van der Waals surface area contributed by atoms with Gasteiger partial charge in [0.1, 0.15) is 0 Å². The van der Waals surface area contributed by atoms with Crippen LogP contribution in [0.25, 0.3) is 11.3 Å². The summed E-state index contributed by atoms with van der Waals surface area (Å²) in [5.41, 5.74) is 4.79. The first kappa shape index (κ1) is 19.2. The third-order valence-corrected chi connectivity index (χ3v) is 5.37. The Balaban J connectivity index is 1.32. The molecule has 0 atom stereocenters. The van der Waals surface area contributed by atoms with Crippen LogP contribution in [0.4, 0.5) is 10.5 Å². The van der Waals surface area contributed by atoms with E-state index in [1.54, 1.807) is 23.7 Å². The molecule has 0 saturated heterocycles. The van der Waals surface area contributed by atoms with Crippen molar-refractivity contribution >= 4 is 34.7 Å². The Bertz CT molecular complexity index is 1080. The van der Waals surface area contributed by atoms with Gasteiger partial charge in [0.15, 0.2) is 0 Å². The Kier molecular flexibility index (Phi) is 5.88. The smallest absolute Gasteiger partial charge is 0.319 e. The fourth-order valence-electron chi connectivity index (χ4n) is 2.76. The zero-order chi connectivity index (χ0) is 20.1. The summed E-state index contributed by atoms with van der Waals surface area (Å²) >= 11 is 7.58. The third-order valence-electron chi connectivity index (χ3n) is 4.27. The highest BCUT2D eigenvalue weighted by Gasteiger charge is 2.07. The average Bonchev–Trinajstić information content (AvgIpc) is 3.41. The zero-order valence-electron chi connectivity index (χ0n) is 15.4. The second-order valence-corrected chi connectivity index (χ2v) is 7.80. The van der Waals surface area contributed by atoms with Crippen LogP contribution < -0.4 is 10.6 Å². The molecule has 0 fully saturated rings. The second kappa shape index (κ2) is 8.89. The normalized spacial score (nSPS) is 10.7. The first-order chi connectivity index (χ1) is 14.2. The summed E-state index contributed by atoms with van der Waals surface area (Å²) in [4.78, 5) is 16.7. The maximum Gasteiger partial charge on any atom is 0.319 e. The standard InChI is InChI=1S/C21H18ClN5OS/c22-17-5-3-16(4-6-17)19-13-29-20(27-19)9-14-1-7-18(8-2-14)26-21(28)23-10-15-11-24-25-12-15/h1-8,11-13H,9-10H2,(H,24,25)(H2,23,26,28). The highest BCUT2D eigenvalue weighted by molar-refractivity contribution is 7.10. The lowest BCUT2D eigenvalue weighted by Gasteiger charge is -2.07. The molecule has 2 heterocycles. The lowest BCUT2D eigenvalue weighted by atomic mass is 10.1. The molecule has 2 aromatic carbocycles. The molecule has 0 saturated carbocycles. The molecular weight excluding hydrogens is 406 g/mol. The molecule has 0 unspecified atom stereocenters. The van der Waals surface area contributed by atoms with Crippen LogP contribution in [0.1, 0.15) is 16.1 Å². The first-order valence-corrected chi connectivity index (χ1v) is 10.2. The summed E-state index contributed by atoms with van der Waals surface area (Å²) in [6.45, 7) is 0.417. The molecule has 29 heavy (non-hydrogen) atoms. The Hall–Kier alpha value is -3.16. The number of amides is 2. The van der Waals surface area contributed by atoms with Crippen LogP contribution in [0.3, 0.4) is 0 Å². The van der Waals surface area contributed by atoms with Gasteiger partial charge in [0.2, 0.25) is 0 Å². The predicted molar refractivity (Wildman–Crippen MR) is 116 cm³/mol. The summed E-state index contributed by atoms with van der Waals surface area (Å²) in [5.74, 6) is 0. The molecule has 6 nitrogen and oxygen atoms in total. The van der Waals surface area contributed by atoms with E-state index in [2.05, 4.69) is 26.2 Å². The van der Waals surface area contributed by atoms with Gasteiger partial charge in [-0.1, -0.05) is 35.9 Å². The van der Waals surface area contributed by atoms with E-state index in [0.29, 0.717) is 11.6 Å². The van der Waals surface area contributed by atoms with Gasteiger partial charge in [-0.25, -0.2) is 9.78 Å². The molecule has 0 aliphatic rings. The number of H-pyrrole nitrogens is 1. The minimum absolute atomic E-state index is 0.258. The Morgan fingerprint density at radius 1 is 1.07 bits per heavy atom. The van der Waals surface area contributed by atoms with Crippen LogP contribution in [0.15, 0.2) is 66.3 Å². The first-order valence-electron chi connectivity index (χ1n) is 8.97. The number of carbonyl (C=O) groups is 1. The molecule has 2 aromatic heterocycles. The maximum atomic E-state index is 12.0. The lowest BCUT2D eigenvalue weighted by molar-refractivity contribution is 0.251. The Labute approximate surface area is 177 Å². The molecule has 0 aliphatic carbocycles. The summed E-state index contributed by atoms with van der Waals surface area (Å²) in [7, 11) is 0. The maximum absolute atomic E-state index is 12.0. The quantitative estimate of drug-likeness (QED) is 0.403. The number of rotatable bonds is 6. The van der Waals surface area contributed by atoms with Gasteiger partial charge in [-0.15, -0.1) is 11.3 Å². The van der Waals surface area contributed by atoms with Crippen molar-refractivity contribution in [2.45, 2.75) is 13.0 Å². The largest absolute Gasteiger partial charge is 0.334 e. The number of aromatic nitrogens is 3. The Morgan fingerprint density at radius 2 is 1.86 bits per heavy atom.